The van der Waals surface area contributed by atoms with Crippen LogP contribution >= 0.6 is 0 Å². The Morgan fingerprint density at radius 3 is 2.80 bits per heavy atom. The van der Waals surface area contributed by atoms with Gasteiger partial charge in [-0.25, -0.2) is 9.18 Å². The van der Waals surface area contributed by atoms with E-state index in [1.807, 2.05) is 18.2 Å². The van der Waals surface area contributed by atoms with Crippen LogP contribution in [0.2, 0.25) is 0 Å². The van der Waals surface area contributed by atoms with E-state index in [1.54, 1.807) is 0 Å². The molecule has 2 aromatic carbocycles. The Morgan fingerprint density at radius 1 is 1.32 bits per heavy atom. The van der Waals surface area contributed by atoms with E-state index in [4.69, 9.17) is 10.5 Å². The zero-order chi connectivity index (χ0) is 17.8. The predicted molar refractivity (Wildman–Crippen MR) is 92.9 cm³/mol. The van der Waals surface area contributed by atoms with Crippen molar-refractivity contribution in [3.05, 3.63) is 59.4 Å². The van der Waals surface area contributed by atoms with Crippen LogP contribution in [0.15, 0.2) is 42.5 Å². The highest BCUT2D eigenvalue weighted by Crippen LogP contribution is 2.27. The maximum absolute atomic E-state index is 14.1. The molecule has 2 aromatic rings. The number of carbonyl (C=O) groups is 1. The third kappa shape index (κ3) is 4.09. The number of nitrogens with zero attached hydrogens (tertiary/aromatic N) is 1. The summed E-state index contributed by atoms with van der Waals surface area (Å²) in [6.07, 6.45) is 0.664. The van der Waals surface area contributed by atoms with Gasteiger partial charge >= 0.3 is 5.97 Å². The maximum atomic E-state index is 14.1. The minimum atomic E-state index is -0.612. The summed E-state index contributed by atoms with van der Waals surface area (Å²) < 4.78 is 24.6. The fourth-order valence-corrected chi connectivity index (χ4v) is 3.00. The smallest absolute Gasteiger partial charge is 0.340 e. The highest BCUT2D eigenvalue weighted by atomic mass is 19.1. The number of likely N-dealkylation sites (tertiary alicyclic amines) is 1. The molecule has 6 heteroatoms. The highest BCUT2D eigenvalue weighted by Gasteiger charge is 2.26. The second-order valence-corrected chi connectivity index (χ2v) is 6.11. The molecule has 3 rings (SSSR count). The van der Waals surface area contributed by atoms with Gasteiger partial charge in [0.05, 0.1) is 12.7 Å². The van der Waals surface area contributed by atoms with Crippen molar-refractivity contribution in [1.29, 1.82) is 0 Å². The molecule has 1 saturated heterocycles. The normalized spacial score (nSPS) is 17.4. The predicted octanol–water partition coefficient (Wildman–Crippen LogP) is 2.85. The second-order valence-electron chi connectivity index (χ2n) is 6.11. The van der Waals surface area contributed by atoms with Crippen LogP contribution in [0, 0.1) is 5.82 Å². The van der Waals surface area contributed by atoms with Crippen LogP contribution in [0.4, 0.5) is 10.1 Å². The van der Waals surface area contributed by atoms with Gasteiger partial charge in [-0.1, -0.05) is 30.3 Å². The molecule has 0 aliphatic carbocycles. The molecule has 0 bridgehead atoms. The number of hydrogen-bond acceptors (Lipinski definition) is 5. The lowest BCUT2D eigenvalue weighted by atomic mass is 10.1. The van der Waals surface area contributed by atoms with E-state index in [0.717, 1.165) is 25.6 Å². The van der Waals surface area contributed by atoms with Crippen LogP contribution in [-0.4, -0.2) is 37.2 Å². The molecule has 0 amide bonds. The van der Waals surface area contributed by atoms with Crippen molar-refractivity contribution in [2.75, 3.05) is 25.9 Å². The van der Waals surface area contributed by atoms with E-state index in [2.05, 4.69) is 21.8 Å². The topological polar surface area (TPSA) is 64.8 Å². The molecule has 0 aromatic heterocycles. The number of nitrogens with two attached hydrogens (primary N) is 1. The van der Waals surface area contributed by atoms with Crippen molar-refractivity contribution in [3.63, 3.8) is 0 Å². The van der Waals surface area contributed by atoms with Gasteiger partial charge in [-0.05, 0) is 18.1 Å². The first-order valence-corrected chi connectivity index (χ1v) is 8.17. The minimum absolute atomic E-state index is 0.0289. The van der Waals surface area contributed by atoms with Crippen LogP contribution in [-0.2, 0) is 11.3 Å². The van der Waals surface area contributed by atoms with Crippen LogP contribution in [0.5, 0.6) is 5.75 Å². The van der Waals surface area contributed by atoms with E-state index in [1.165, 1.54) is 18.7 Å². The van der Waals surface area contributed by atoms with Crippen LogP contribution in [0.1, 0.15) is 22.3 Å². The summed E-state index contributed by atoms with van der Waals surface area (Å²) in [7, 11) is 1.25. The Balaban J connectivity index is 1.66. The maximum Gasteiger partial charge on any atom is 0.340 e. The summed E-state index contributed by atoms with van der Waals surface area (Å²) in [5, 5.41) is 0. The quantitative estimate of drug-likeness (QED) is 0.667. The number of benzene rings is 2. The first kappa shape index (κ1) is 17.2. The third-order valence-electron chi connectivity index (χ3n) is 4.28. The molecule has 1 atom stereocenters. The summed E-state index contributed by atoms with van der Waals surface area (Å²) in [6.45, 7) is 2.41. The average molecular weight is 344 g/mol. The molecule has 5 nitrogen and oxygen atoms in total. The Hall–Kier alpha value is -2.60. The number of methoxy groups -OCH3 is 1. The van der Waals surface area contributed by atoms with Gasteiger partial charge in [0.2, 0.25) is 0 Å². The van der Waals surface area contributed by atoms with Crippen molar-refractivity contribution in [2.45, 2.75) is 19.1 Å². The average Bonchev–Trinajstić information content (AvgIpc) is 3.04. The number of hydrogen-bond donors (Lipinski definition) is 1. The first-order chi connectivity index (χ1) is 12.1. The highest BCUT2D eigenvalue weighted by molar-refractivity contribution is 5.95. The summed E-state index contributed by atoms with van der Waals surface area (Å²) in [4.78, 5) is 14.0. The fraction of sp³-hybridized carbons (Fsp3) is 0.316. The van der Waals surface area contributed by atoms with Gasteiger partial charge in [-0.2, -0.15) is 0 Å². The lowest BCUT2D eigenvalue weighted by Crippen LogP contribution is -2.25. The molecule has 132 valence electrons. The Labute approximate surface area is 146 Å². The zero-order valence-corrected chi connectivity index (χ0v) is 14.1. The van der Waals surface area contributed by atoms with Gasteiger partial charge < -0.3 is 15.2 Å². The molecule has 1 aliphatic rings. The molecule has 0 spiro atoms. The molecule has 1 aliphatic heterocycles. The molecule has 25 heavy (non-hydrogen) atoms. The zero-order valence-electron chi connectivity index (χ0n) is 14.1. The molecule has 0 saturated carbocycles. The molecule has 1 unspecified atom stereocenters. The van der Waals surface area contributed by atoms with Crippen LogP contribution in [0.3, 0.4) is 0 Å². The summed E-state index contributed by atoms with van der Waals surface area (Å²) >= 11 is 0. The van der Waals surface area contributed by atoms with Gasteiger partial charge in [0.1, 0.15) is 6.10 Å². The van der Waals surface area contributed by atoms with Gasteiger partial charge in [0, 0.05) is 31.4 Å². The second kappa shape index (κ2) is 7.53. The van der Waals surface area contributed by atoms with E-state index in [9.17, 15) is 9.18 Å². The first-order valence-electron chi connectivity index (χ1n) is 8.17. The lowest BCUT2D eigenvalue weighted by Gasteiger charge is -2.18. The van der Waals surface area contributed by atoms with Crippen LogP contribution < -0.4 is 10.5 Å². The number of rotatable bonds is 5. The van der Waals surface area contributed by atoms with Crippen molar-refractivity contribution in [1.82, 2.24) is 4.90 Å². The number of carbonyl (C=O) groups excluding carboxylic acids is 1. The Kier molecular flexibility index (Phi) is 5.19. The van der Waals surface area contributed by atoms with Gasteiger partial charge in [0.25, 0.3) is 0 Å². The standard InChI is InChI=1S/C19H21FN2O3/c1-24-19(23)15-9-18(16(20)10-17(15)21)25-14-7-8-22(12-14)11-13-5-3-2-4-6-13/h2-6,9-10,14H,7-8,11-12,21H2,1H3. The summed E-state index contributed by atoms with van der Waals surface area (Å²) in [6, 6.07) is 12.6. The van der Waals surface area contributed by atoms with Crippen molar-refractivity contribution >= 4 is 11.7 Å². The number of ether oxygens (including phenoxy) is 2. The molecule has 1 fully saturated rings. The Morgan fingerprint density at radius 2 is 2.08 bits per heavy atom. The molecule has 2 N–H and O–H groups in total. The number of nitrogen functional groups attached to an aromatic ring is 1. The van der Waals surface area contributed by atoms with E-state index < -0.39 is 11.8 Å². The van der Waals surface area contributed by atoms with Crippen molar-refractivity contribution in [3.8, 4) is 5.75 Å². The van der Waals surface area contributed by atoms with Crippen LogP contribution in [0.25, 0.3) is 0 Å². The minimum Gasteiger partial charge on any atom is -0.486 e. The fourth-order valence-electron chi connectivity index (χ4n) is 3.00. The molecular weight excluding hydrogens is 323 g/mol. The molecule has 1 heterocycles. The SMILES string of the molecule is COC(=O)c1cc(OC2CCN(Cc3ccccc3)C2)c(F)cc1N. The number of halogens is 1. The van der Waals surface area contributed by atoms with E-state index in [-0.39, 0.29) is 23.1 Å². The van der Waals surface area contributed by atoms with Crippen molar-refractivity contribution in [2.24, 2.45) is 0 Å². The monoisotopic (exact) mass is 344 g/mol. The molecular formula is C19H21FN2O3. The Bertz CT molecular complexity index is 752. The van der Waals surface area contributed by atoms with Gasteiger partial charge in [-0.3, -0.25) is 4.90 Å². The number of anilines is 1. The van der Waals surface area contributed by atoms with Crippen molar-refractivity contribution < 1.29 is 18.7 Å². The largest absolute Gasteiger partial charge is 0.486 e. The summed E-state index contributed by atoms with van der Waals surface area (Å²) in [5.41, 5.74) is 7.05. The third-order valence-corrected chi connectivity index (χ3v) is 4.28. The number of esters is 1. The van der Waals surface area contributed by atoms with Gasteiger partial charge in [-0.15, -0.1) is 0 Å². The lowest BCUT2D eigenvalue weighted by molar-refractivity contribution is 0.0601. The van der Waals surface area contributed by atoms with E-state index >= 15 is 0 Å². The summed E-state index contributed by atoms with van der Waals surface area (Å²) in [5.74, 6) is -1.16. The molecule has 0 radical (unpaired) electrons. The van der Waals surface area contributed by atoms with Gasteiger partial charge in [0.15, 0.2) is 11.6 Å². The van der Waals surface area contributed by atoms with E-state index in [0.29, 0.717) is 6.54 Å².